The normalized spacial score (nSPS) is 29.5. The SMILES string of the molecule is O=S(=O)(CC1CCCCC1)NC1CCC(C(F)(F)F)NC1. The summed E-state index contributed by atoms with van der Waals surface area (Å²) >= 11 is 0. The van der Waals surface area contributed by atoms with Gasteiger partial charge in [0.05, 0.1) is 5.75 Å². The molecule has 1 saturated carbocycles. The van der Waals surface area contributed by atoms with E-state index in [1.54, 1.807) is 0 Å². The van der Waals surface area contributed by atoms with Gasteiger partial charge < -0.3 is 5.32 Å². The molecule has 2 rings (SSSR count). The molecule has 1 heterocycles. The molecule has 1 aliphatic heterocycles. The molecule has 2 atom stereocenters. The van der Waals surface area contributed by atoms with Crippen LogP contribution in [-0.2, 0) is 10.0 Å². The van der Waals surface area contributed by atoms with Crippen molar-refractivity contribution < 1.29 is 21.6 Å². The summed E-state index contributed by atoms with van der Waals surface area (Å²) in [5, 5.41) is 2.38. The zero-order valence-corrected chi connectivity index (χ0v) is 12.8. The maximum absolute atomic E-state index is 12.5. The Hall–Kier alpha value is -0.340. The first-order chi connectivity index (χ1) is 9.76. The lowest BCUT2D eigenvalue weighted by Crippen LogP contribution is -2.54. The van der Waals surface area contributed by atoms with Crippen LogP contribution in [0.1, 0.15) is 44.9 Å². The largest absolute Gasteiger partial charge is 0.403 e. The van der Waals surface area contributed by atoms with Gasteiger partial charge in [-0.1, -0.05) is 19.3 Å². The Morgan fingerprint density at radius 2 is 1.71 bits per heavy atom. The Balaban J connectivity index is 1.79. The Morgan fingerprint density at radius 1 is 1.05 bits per heavy atom. The van der Waals surface area contributed by atoms with Crippen LogP contribution < -0.4 is 10.0 Å². The molecule has 8 heteroatoms. The molecule has 124 valence electrons. The number of nitrogens with one attached hydrogen (secondary N) is 2. The molecule has 0 spiro atoms. The molecule has 2 aliphatic rings. The van der Waals surface area contributed by atoms with Crippen LogP contribution in [0.3, 0.4) is 0 Å². The molecule has 0 amide bonds. The Kier molecular flexibility index (Phi) is 5.54. The first-order valence-electron chi connectivity index (χ1n) is 7.56. The average Bonchev–Trinajstić information content (AvgIpc) is 2.38. The van der Waals surface area contributed by atoms with E-state index in [1.807, 2.05) is 0 Å². The molecule has 4 nitrogen and oxygen atoms in total. The second-order valence-corrected chi connectivity index (χ2v) is 7.98. The minimum Gasteiger partial charge on any atom is -0.305 e. The van der Waals surface area contributed by atoms with Gasteiger partial charge in [0, 0.05) is 12.6 Å². The van der Waals surface area contributed by atoms with Gasteiger partial charge in [0.1, 0.15) is 6.04 Å². The quantitative estimate of drug-likeness (QED) is 0.831. The van der Waals surface area contributed by atoms with E-state index in [-0.39, 0.29) is 31.1 Å². The summed E-state index contributed by atoms with van der Waals surface area (Å²) in [7, 11) is -3.41. The van der Waals surface area contributed by atoms with Gasteiger partial charge in [-0.25, -0.2) is 13.1 Å². The number of hydrogen-bond acceptors (Lipinski definition) is 3. The van der Waals surface area contributed by atoms with Crippen LogP contribution in [0.25, 0.3) is 0 Å². The second kappa shape index (κ2) is 6.83. The molecule has 0 aromatic carbocycles. The van der Waals surface area contributed by atoms with E-state index in [0.29, 0.717) is 0 Å². The highest BCUT2D eigenvalue weighted by Crippen LogP contribution is 2.27. The maximum Gasteiger partial charge on any atom is 0.403 e. The lowest BCUT2D eigenvalue weighted by Gasteiger charge is -2.32. The smallest absolute Gasteiger partial charge is 0.305 e. The molecule has 1 saturated heterocycles. The summed E-state index contributed by atoms with van der Waals surface area (Å²) in [6, 6.07) is -1.95. The van der Waals surface area contributed by atoms with E-state index in [0.717, 1.165) is 32.1 Å². The summed E-state index contributed by atoms with van der Waals surface area (Å²) in [6.07, 6.45) is 1.04. The first kappa shape index (κ1) is 17.0. The fourth-order valence-electron chi connectivity index (χ4n) is 3.20. The van der Waals surface area contributed by atoms with E-state index >= 15 is 0 Å². The molecule has 0 bridgehead atoms. The number of sulfonamides is 1. The Bertz CT molecular complexity index is 425. The predicted molar refractivity (Wildman–Crippen MR) is 74.4 cm³/mol. The average molecular weight is 328 g/mol. The molecule has 0 aromatic rings. The third-order valence-corrected chi connectivity index (χ3v) is 5.94. The summed E-state index contributed by atoms with van der Waals surface area (Å²) in [5.41, 5.74) is 0. The van der Waals surface area contributed by atoms with Gasteiger partial charge in [-0.15, -0.1) is 0 Å². The van der Waals surface area contributed by atoms with Crippen molar-refractivity contribution in [1.29, 1.82) is 0 Å². The Morgan fingerprint density at radius 3 is 2.24 bits per heavy atom. The van der Waals surface area contributed by atoms with Crippen LogP contribution in [-0.4, -0.2) is 39.0 Å². The lowest BCUT2D eigenvalue weighted by molar-refractivity contribution is -0.160. The highest BCUT2D eigenvalue weighted by Gasteiger charge is 2.41. The first-order valence-corrected chi connectivity index (χ1v) is 9.21. The van der Waals surface area contributed by atoms with E-state index < -0.39 is 28.3 Å². The van der Waals surface area contributed by atoms with Crippen LogP contribution in [0.5, 0.6) is 0 Å². The van der Waals surface area contributed by atoms with Gasteiger partial charge in [0.25, 0.3) is 0 Å². The van der Waals surface area contributed by atoms with Crippen LogP contribution in [0.2, 0.25) is 0 Å². The molecular formula is C13H23F3N2O2S. The van der Waals surface area contributed by atoms with Crippen LogP contribution in [0.4, 0.5) is 13.2 Å². The zero-order chi connectivity index (χ0) is 15.5. The van der Waals surface area contributed by atoms with Crippen LogP contribution in [0.15, 0.2) is 0 Å². The van der Waals surface area contributed by atoms with Crippen molar-refractivity contribution in [2.75, 3.05) is 12.3 Å². The third-order valence-electron chi connectivity index (χ3n) is 4.34. The summed E-state index contributed by atoms with van der Waals surface area (Å²) < 4.78 is 64.3. The number of rotatable bonds is 4. The van der Waals surface area contributed by atoms with Crippen molar-refractivity contribution in [2.45, 2.75) is 63.2 Å². The summed E-state index contributed by atoms with van der Waals surface area (Å²) in [5.74, 6) is 0.294. The highest BCUT2D eigenvalue weighted by molar-refractivity contribution is 7.89. The number of hydrogen-bond donors (Lipinski definition) is 2. The maximum atomic E-state index is 12.5. The molecule has 1 aliphatic carbocycles. The fraction of sp³-hybridized carbons (Fsp3) is 1.00. The van der Waals surface area contributed by atoms with Crippen molar-refractivity contribution in [1.82, 2.24) is 10.0 Å². The van der Waals surface area contributed by atoms with Crippen molar-refractivity contribution in [2.24, 2.45) is 5.92 Å². The second-order valence-electron chi connectivity index (χ2n) is 6.18. The van der Waals surface area contributed by atoms with Crippen LogP contribution >= 0.6 is 0 Å². The van der Waals surface area contributed by atoms with E-state index in [9.17, 15) is 21.6 Å². The van der Waals surface area contributed by atoms with Gasteiger partial charge in [-0.3, -0.25) is 0 Å². The Labute approximate surface area is 123 Å². The van der Waals surface area contributed by atoms with Crippen molar-refractivity contribution in [3.63, 3.8) is 0 Å². The van der Waals surface area contributed by atoms with Crippen LogP contribution in [0, 0.1) is 5.92 Å². The fourth-order valence-corrected chi connectivity index (χ4v) is 4.96. The van der Waals surface area contributed by atoms with Gasteiger partial charge in [-0.05, 0) is 31.6 Å². The topological polar surface area (TPSA) is 58.2 Å². The molecule has 2 N–H and O–H groups in total. The van der Waals surface area contributed by atoms with E-state index in [1.165, 1.54) is 0 Å². The van der Waals surface area contributed by atoms with E-state index in [2.05, 4.69) is 10.0 Å². The highest BCUT2D eigenvalue weighted by atomic mass is 32.2. The number of halogens is 3. The van der Waals surface area contributed by atoms with E-state index in [4.69, 9.17) is 0 Å². The van der Waals surface area contributed by atoms with Gasteiger partial charge in [0.2, 0.25) is 10.0 Å². The van der Waals surface area contributed by atoms with Crippen molar-refractivity contribution in [3.05, 3.63) is 0 Å². The molecule has 2 unspecified atom stereocenters. The van der Waals surface area contributed by atoms with Crippen molar-refractivity contribution in [3.8, 4) is 0 Å². The van der Waals surface area contributed by atoms with Gasteiger partial charge in [-0.2, -0.15) is 13.2 Å². The van der Waals surface area contributed by atoms with Gasteiger partial charge >= 0.3 is 6.18 Å². The summed E-state index contributed by atoms with van der Waals surface area (Å²) in [4.78, 5) is 0. The zero-order valence-electron chi connectivity index (χ0n) is 12.0. The van der Waals surface area contributed by atoms with Crippen molar-refractivity contribution >= 4 is 10.0 Å². The molecule has 0 radical (unpaired) electrons. The molecule has 2 fully saturated rings. The monoisotopic (exact) mass is 328 g/mol. The van der Waals surface area contributed by atoms with Gasteiger partial charge in [0.15, 0.2) is 0 Å². The third kappa shape index (κ3) is 5.41. The predicted octanol–water partition coefficient (Wildman–Crippen LogP) is 2.17. The number of alkyl halides is 3. The standard InChI is InChI=1S/C13H23F3N2O2S/c14-13(15,16)12-7-6-11(8-17-12)18-21(19,20)9-10-4-2-1-3-5-10/h10-12,17-18H,1-9H2. The lowest BCUT2D eigenvalue weighted by atomic mass is 9.91. The minimum atomic E-state index is -4.26. The molecular weight excluding hydrogens is 305 g/mol. The number of piperidine rings is 1. The minimum absolute atomic E-state index is 0.0358. The molecule has 0 aromatic heterocycles. The molecule has 21 heavy (non-hydrogen) atoms. The summed E-state index contributed by atoms with van der Waals surface area (Å²) in [6.45, 7) is 0.0358.